The summed E-state index contributed by atoms with van der Waals surface area (Å²) in [6.45, 7) is 1.35. The molecule has 1 saturated heterocycles. The molecule has 0 aliphatic carbocycles. The van der Waals surface area contributed by atoms with Crippen molar-refractivity contribution in [1.82, 2.24) is 4.90 Å². The van der Waals surface area contributed by atoms with E-state index in [0.29, 0.717) is 17.1 Å². The van der Waals surface area contributed by atoms with Crippen molar-refractivity contribution in [3.8, 4) is 11.1 Å². The van der Waals surface area contributed by atoms with Gasteiger partial charge in [-0.2, -0.15) is 0 Å². The summed E-state index contributed by atoms with van der Waals surface area (Å²) < 4.78 is 0. The second kappa shape index (κ2) is 7.82. The van der Waals surface area contributed by atoms with Crippen LogP contribution in [0.4, 0.5) is 0 Å². The number of rotatable bonds is 2. The van der Waals surface area contributed by atoms with E-state index in [1.54, 1.807) is 6.07 Å². The molecule has 1 fully saturated rings. The van der Waals surface area contributed by atoms with Gasteiger partial charge in [0, 0.05) is 19.1 Å². The number of nitrogens with zero attached hydrogens (tertiary/aromatic N) is 1. The molecule has 2 aromatic rings. The molecule has 122 valence electrons. The van der Waals surface area contributed by atoms with Crippen LogP contribution in [0.25, 0.3) is 11.1 Å². The van der Waals surface area contributed by atoms with Crippen LogP contribution in [0.5, 0.6) is 0 Å². The lowest BCUT2D eigenvalue weighted by Gasteiger charge is -2.31. The van der Waals surface area contributed by atoms with Crippen LogP contribution in [-0.2, 0) is 0 Å². The summed E-state index contributed by atoms with van der Waals surface area (Å²) in [5.74, 6) is -0.0297. The lowest BCUT2D eigenvalue weighted by atomic mass is 10.0. The number of benzene rings is 2. The van der Waals surface area contributed by atoms with Gasteiger partial charge in [-0.25, -0.2) is 0 Å². The minimum absolute atomic E-state index is 0. The zero-order valence-electron chi connectivity index (χ0n) is 12.7. The predicted octanol–water partition coefficient (Wildman–Crippen LogP) is 3.99. The van der Waals surface area contributed by atoms with E-state index in [2.05, 4.69) is 0 Å². The molecule has 1 amide bonds. The van der Waals surface area contributed by atoms with Crippen LogP contribution in [0, 0.1) is 0 Å². The predicted molar refractivity (Wildman–Crippen MR) is 97.2 cm³/mol. The Balaban J connectivity index is 0.00000192. The molecule has 1 atom stereocenters. The highest BCUT2D eigenvalue weighted by Gasteiger charge is 2.24. The monoisotopic (exact) mass is 350 g/mol. The standard InChI is InChI=1S/C18H19ClN2O.ClH/c19-17-9-8-14(13-5-2-1-3-6-13)11-16(17)18(22)21-10-4-7-15(20)12-21;/h1-3,5-6,8-9,11,15H,4,7,10,12,20H2;1H. The van der Waals surface area contributed by atoms with Gasteiger partial charge in [0.2, 0.25) is 0 Å². The normalized spacial score (nSPS) is 17.5. The van der Waals surface area contributed by atoms with E-state index >= 15 is 0 Å². The zero-order chi connectivity index (χ0) is 15.5. The van der Waals surface area contributed by atoms with Crippen LogP contribution >= 0.6 is 24.0 Å². The van der Waals surface area contributed by atoms with Crippen molar-refractivity contribution < 1.29 is 4.79 Å². The Bertz CT molecular complexity index is 676. The van der Waals surface area contributed by atoms with Gasteiger partial charge < -0.3 is 10.6 Å². The fourth-order valence-corrected chi connectivity index (χ4v) is 3.06. The van der Waals surface area contributed by atoms with Crippen LogP contribution in [0.15, 0.2) is 48.5 Å². The van der Waals surface area contributed by atoms with Crippen LogP contribution < -0.4 is 5.73 Å². The van der Waals surface area contributed by atoms with Gasteiger partial charge in [-0.05, 0) is 36.1 Å². The van der Waals surface area contributed by atoms with E-state index in [4.69, 9.17) is 17.3 Å². The molecule has 0 aromatic heterocycles. The Hall–Kier alpha value is -1.55. The molecule has 0 radical (unpaired) electrons. The third-order valence-corrected chi connectivity index (χ3v) is 4.38. The maximum absolute atomic E-state index is 12.7. The van der Waals surface area contributed by atoms with Crippen molar-refractivity contribution in [3.05, 3.63) is 59.1 Å². The largest absolute Gasteiger partial charge is 0.337 e. The number of likely N-dealkylation sites (tertiary alicyclic amines) is 1. The second-order valence-electron chi connectivity index (χ2n) is 5.71. The fraction of sp³-hybridized carbons (Fsp3) is 0.278. The first-order chi connectivity index (χ1) is 10.6. The first-order valence-electron chi connectivity index (χ1n) is 7.55. The van der Waals surface area contributed by atoms with Gasteiger partial charge in [0.25, 0.3) is 5.91 Å². The molecule has 3 rings (SSSR count). The number of hydrogen-bond acceptors (Lipinski definition) is 2. The summed E-state index contributed by atoms with van der Waals surface area (Å²) in [5, 5.41) is 0.490. The minimum atomic E-state index is -0.0297. The topological polar surface area (TPSA) is 46.3 Å². The lowest BCUT2D eigenvalue weighted by Crippen LogP contribution is -2.45. The Labute approximate surface area is 147 Å². The van der Waals surface area contributed by atoms with Crippen LogP contribution in [0.1, 0.15) is 23.2 Å². The van der Waals surface area contributed by atoms with Gasteiger partial charge in [0.05, 0.1) is 10.6 Å². The van der Waals surface area contributed by atoms with Crippen LogP contribution in [0.3, 0.4) is 0 Å². The van der Waals surface area contributed by atoms with Gasteiger partial charge >= 0.3 is 0 Å². The third kappa shape index (κ3) is 4.05. The highest BCUT2D eigenvalue weighted by molar-refractivity contribution is 6.34. The van der Waals surface area contributed by atoms with Gasteiger partial charge in [-0.3, -0.25) is 4.79 Å². The molecule has 0 spiro atoms. The van der Waals surface area contributed by atoms with Crippen molar-refractivity contribution in [2.45, 2.75) is 18.9 Å². The van der Waals surface area contributed by atoms with Crippen molar-refractivity contribution in [1.29, 1.82) is 0 Å². The minimum Gasteiger partial charge on any atom is -0.337 e. The van der Waals surface area contributed by atoms with E-state index in [1.165, 1.54) is 0 Å². The maximum Gasteiger partial charge on any atom is 0.255 e. The Morgan fingerprint density at radius 2 is 1.87 bits per heavy atom. The molecule has 1 aliphatic heterocycles. The summed E-state index contributed by atoms with van der Waals surface area (Å²) in [6.07, 6.45) is 1.92. The van der Waals surface area contributed by atoms with Gasteiger partial charge in [0.15, 0.2) is 0 Å². The molecular formula is C18H20Cl2N2O. The Morgan fingerprint density at radius 1 is 1.13 bits per heavy atom. The molecule has 0 saturated carbocycles. The summed E-state index contributed by atoms with van der Waals surface area (Å²) in [7, 11) is 0. The Morgan fingerprint density at radius 3 is 2.57 bits per heavy atom. The second-order valence-corrected chi connectivity index (χ2v) is 6.12. The number of amides is 1. The Kier molecular flexibility index (Phi) is 6.05. The quantitative estimate of drug-likeness (QED) is 0.889. The molecule has 5 heteroatoms. The van der Waals surface area contributed by atoms with E-state index < -0.39 is 0 Å². The smallest absolute Gasteiger partial charge is 0.255 e. The molecule has 2 aromatic carbocycles. The summed E-state index contributed by atoms with van der Waals surface area (Å²) in [4.78, 5) is 14.5. The fourth-order valence-electron chi connectivity index (χ4n) is 2.86. The molecule has 1 heterocycles. The zero-order valence-corrected chi connectivity index (χ0v) is 14.3. The van der Waals surface area contributed by atoms with E-state index in [1.807, 2.05) is 47.4 Å². The van der Waals surface area contributed by atoms with E-state index in [-0.39, 0.29) is 24.4 Å². The highest BCUT2D eigenvalue weighted by atomic mass is 35.5. The molecular weight excluding hydrogens is 331 g/mol. The SMILES string of the molecule is Cl.NC1CCCN(C(=O)c2cc(-c3ccccc3)ccc2Cl)C1. The molecule has 1 aliphatic rings. The third-order valence-electron chi connectivity index (χ3n) is 4.05. The van der Waals surface area contributed by atoms with Crippen LogP contribution in [-0.4, -0.2) is 29.9 Å². The number of halogens is 2. The molecule has 3 nitrogen and oxygen atoms in total. The first kappa shape index (κ1) is 17.8. The lowest BCUT2D eigenvalue weighted by molar-refractivity contribution is 0.0709. The van der Waals surface area contributed by atoms with Gasteiger partial charge in [-0.15, -0.1) is 12.4 Å². The first-order valence-corrected chi connectivity index (χ1v) is 7.93. The number of carbonyl (C=O) groups excluding carboxylic acids is 1. The summed E-state index contributed by atoms with van der Waals surface area (Å²) >= 11 is 6.26. The molecule has 2 N–H and O–H groups in total. The van der Waals surface area contributed by atoms with Crippen molar-refractivity contribution in [2.75, 3.05) is 13.1 Å². The van der Waals surface area contributed by atoms with Crippen LogP contribution in [0.2, 0.25) is 5.02 Å². The number of carbonyl (C=O) groups is 1. The maximum atomic E-state index is 12.7. The van der Waals surface area contributed by atoms with Gasteiger partial charge in [0.1, 0.15) is 0 Å². The summed E-state index contributed by atoms with van der Waals surface area (Å²) in [5.41, 5.74) is 8.59. The van der Waals surface area contributed by atoms with Gasteiger partial charge in [-0.1, -0.05) is 48.0 Å². The van der Waals surface area contributed by atoms with Crippen molar-refractivity contribution >= 4 is 29.9 Å². The number of piperidine rings is 1. The van der Waals surface area contributed by atoms with Crippen molar-refractivity contribution in [2.24, 2.45) is 5.73 Å². The molecule has 1 unspecified atom stereocenters. The number of nitrogens with two attached hydrogens (primary N) is 1. The molecule has 23 heavy (non-hydrogen) atoms. The average molecular weight is 351 g/mol. The van der Waals surface area contributed by atoms with E-state index in [0.717, 1.165) is 30.5 Å². The molecule has 0 bridgehead atoms. The average Bonchev–Trinajstić information content (AvgIpc) is 2.55. The highest BCUT2D eigenvalue weighted by Crippen LogP contribution is 2.26. The van der Waals surface area contributed by atoms with E-state index in [9.17, 15) is 4.79 Å². The number of hydrogen-bond donors (Lipinski definition) is 1. The van der Waals surface area contributed by atoms with Crippen molar-refractivity contribution in [3.63, 3.8) is 0 Å². The summed E-state index contributed by atoms with van der Waals surface area (Å²) in [6, 6.07) is 15.7.